The normalized spacial score (nSPS) is 10.7. The first-order chi connectivity index (χ1) is 15.9. The standard InChI is InChI=1S/C24H27ClN4O4/c1-15(2)13-27-22(30)20-9-6-17(12-21(20)25)29-24(31)26-11-10-18-14-33-23(28-18)16-4-7-19(32-3)8-5-16/h4-9,12,14-15H,10-11,13H2,1-3H3,(H,27,30)(H2,26,29,31). The lowest BCUT2D eigenvalue weighted by Gasteiger charge is -2.11. The number of methoxy groups -OCH3 is 1. The van der Waals surface area contributed by atoms with E-state index < -0.39 is 0 Å². The van der Waals surface area contributed by atoms with Crippen LogP contribution in [-0.2, 0) is 6.42 Å². The summed E-state index contributed by atoms with van der Waals surface area (Å²) in [7, 11) is 1.61. The molecule has 0 radical (unpaired) electrons. The third kappa shape index (κ3) is 6.98. The molecule has 2 aromatic carbocycles. The van der Waals surface area contributed by atoms with Gasteiger partial charge in [0.2, 0.25) is 5.89 Å². The summed E-state index contributed by atoms with van der Waals surface area (Å²) in [6.45, 7) is 4.94. The highest BCUT2D eigenvalue weighted by Gasteiger charge is 2.12. The number of amides is 3. The Kier molecular flexibility index (Phi) is 8.32. The number of carbonyl (C=O) groups is 2. The lowest BCUT2D eigenvalue weighted by atomic mass is 10.1. The molecule has 3 amide bonds. The highest BCUT2D eigenvalue weighted by atomic mass is 35.5. The number of anilines is 1. The molecule has 9 heteroatoms. The van der Waals surface area contributed by atoms with Crippen molar-refractivity contribution in [1.82, 2.24) is 15.6 Å². The van der Waals surface area contributed by atoms with Gasteiger partial charge in [-0.15, -0.1) is 0 Å². The molecule has 0 atom stereocenters. The Balaban J connectivity index is 1.47. The molecule has 33 heavy (non-hydrogen) atoms. The third-order valence-corrected chi connectivity index (χ3v) is 5.01. The maximum Gasteiger partial charge on any atom is 0.319 e. The number of rotatable bonds is 9. The van der Waals surface area contributed by atoms with Crippen molar-refractivity contribution in [2.24, 2.45) is 5.92 Å². The van der Waals surface area contributed by atoms with Crippen molar-refractivity contribution in [3.8, 4) is 17.2 Å². The second-order valence-corrected chi connectivity index (χ2v) is 8.21. The third-order valence-electron chi connectivity index (χ3n) is 4.70. The molecule has 0 saturated carbocycles. The molecule has 0 saturated heterocycles. The van der Waals surface area contributed by atoms with Crippen molar-refractivity contribution in [2.45, 2.75) is 20.3 Å². The van der Waals surface area contributed by atoms with Gasteiger partial charge in [0.1, 0.15) is 12.0 Å². The van der Waals surface area contributed by atoms with E-state index in [0.29, 0.717) is 42.6 Å². The lowest BCUT2D eigenvalue weighted by molar-refractivity contribution is 0.0949. The maximum absolute atomic E-state index is 12.2. The number of carbonyl (C=O) groups excluding carboxylic acids is 2. The summed E-state index contributed by atoms with van der Waals surface area (Å²) >= 11 is 6.22. The van der Waals surface area contributed by atoms with Crippen LogP contribution in [0.2, 0.25) is 5.02 Å². The molecule has 0 aliphatic carbocycles. The van der Waals surface area contributed by atoms with Crippen LogP contribution in [0.25, 0.3) is 11.5 Å². The SMILES string of the molecule is COc1ccc(-c2nc(CCNC(=O)Nc3ccc(C(=O)NCC(C)C)c(Cl)c3)co2)cc1. The van der Waals surface area contributed by atoms with Crippen LogP contribution in [0, 0.1) is 5.92 Å². The molecule has 1 heterocycles. The molecule has 3 aromatic rings. The van der Waals surface area contributed by atoms with Crippen molar-refractivity contribution < 1.29 is 18.7 Å². The Bertz CT molecular complexity index is 1100. The lowest BCUT2D eigenvalue weighted by Crippen LogP contribution is -2.30. The minimum absolute atomic E-state index is 0.244. The van der Waals surface area contributed by atoms with Crippen molar-refractivity contribution in [3.05, 3.63) is 65.0 Å². The van der Waals surface area contributed by atoms with Gasteiger partial charge < -0.3 is 25.1 Å². The molecule has 0 aliphatic heterocycles. The summed E-state index contributed by atoms with van der Waals surface area (Å²) in [5.74, 6) is 1.35. The summed E-state index contributed by atoms with van der Waals surface area (Å²) in [4.78, 5) is 28.8. The van der Waals surface area contributed by atoms with Crippen LogP contribution in [0.1, 0.15) is 29.9 Å². The highest BCUT2D eigenvalue weighted by molar-refractivity contribution is 6.34. The molecular formula is C24H27ClN4O4. The molecule has 1 aromatic heterocycles. The van der Waals surface area contributed by atoms with E-state index in [9.17, 15) is 9.59 Å². The summed E-state index contributed by atoms with van der Waals surface area (Å²) in [6.07, 6.45) is 2.07. The minimum Gasteiger partial charge on any atom is -0.497 e. The van der Waals surface area contributed by atoms with E-state index in [0.717, 1.165) is 17.0 Å². The number of nitrogens with zero attached hydrogens (tertiary/aromatic N) is 1. The van der Waals surface area contributed by atoms with Crippen LogP contribution in [0.4, 0.5) is 10.5 Å². The zero-order chi connectivity index (χ0) is 23.8. The fourth-order valence-corrected chi connectivity index (χ4v) is 3.20. The van der Waals surface area contributed by atoms with E-state index in [1.165, 1.54) is 0 Å². The number of halogens is 1. The molecule has 174 valence electrons. The zero-order valence-electron chi connectivity index (χ0n) is 18.8. The van der Waals surface area contributed by atoms with E-state index in [1.807, 2.05) is 38.1 Å². The number of oxazole rings is 1. The molecule has 0 fully saturated rings. The topological polar surface area (TPSA) is 105 Å². The van der Waals surface area contributed by atoms with Crippen molar-refractivity contribution in [1.29, 1.82) is 0 Å². The first kappa shape index (κ1) is 24.1. The average Bonchev–Trinajstić information content (AvgIpc) is 3.26. The van der Waals surface area contributed by atoms with Crippen LogP contribution < -0.4 is 20.7 Å². The maximum atomic E-state index is 12.2. The summed E-state index contributed by atoms with van der Waals surface area (Å²) in [6, 6.07) is 11.8. The van der Waals surface area contributed by atoms with Gasteiger partial charge in [0, 0.05) is 30.8 Å². The molecule has 3 N–H and O–H groups in total. The molecule has 8 nitrogen and oxygen atoms in total. The van der Waals surface area contributed by atoms with Crippen LogP contribution in [-0.4, -0.2) is 37.1 Å². The van der Waals surface area contributed by atoms with Crippen LogP contribution >= 0.6 is 11.6 Å². The predicted molar refractivity (Wildman–Crippen MR) is 128 cm³/mol. The van der Waals surface area contributed by atoms with E-state index in [2.05, 4.69) is 20.9 Å². The van der Waals surface area contributed by atoms with Gasteiger partial charge in [-0.25, -0.2) is 9.78 Å². The summed E-state index contributed by atoms with van der Waals surface area (Å²) < 4.78 is 10.7. The number of urea groups is 1. The quantitative estimate of drug-likeness (QED) is 0.418. The van der Waals surface area contributed by atoms with Gasteiger partial charge in [0.15, 0.2) is 0 Å². The van der Waals surface area contributed by atoms with E-state index >= 15 is 0 Å². The highest BCUT2D eigenvalue weighted by Crippen LogP contribution is 2.22. The predicted octanol–water partition coefficient (Wildman–Crippen LogP) is 4.75. The minimum atomic E-state index is -0.387. The Morgan fingerprint density at radius 3 is 2.55 bits per heavy atom. The van der Waals surface area contributed by atoms with Gasteiger partial charge in [-0.05, 0) is 48.4 Å². The van der Waals surface area contributed by atoms with Crippen molar-refractivity contribution >= 4 is 29.2 Å². The zero-order valence-corrected chi connectivity index (χ0v) is 19.5. The summed E-state index contributed by atoms with van der Waals surface area (Å²) in [5, 5.41) is 8.55. The van der Waals surface area contributed by atoms with Crippen molar-refractivity contribution in [2.75, 3.05) is 25.5 Å². The van der Waals surface area contributed by atoms with E-state index in [4.69, 9.17) is 20.8 Å². The summed E-state index contributed by atoms with van der Waals surface area (Å²) in [5.41, 5.74) is 2.41. The Morgan fingerprint density at radius 2 is 1.88 bits per heavy atom. The largest absolute Gasteiger partial charge is 0.497 e. The Labute approximate surface area is 197 Å². The molecule has 0 aliphatic rings. The second-order valence-electron chi connectivity index (χ2n) is 7.80. The van der Waals surface area contributed by atoms with Crippen LogP contribution in [0.5, 0.6) is 5.75 Å². The first-order valence-electron chi connectivity index (χ1n) is 10.6. The number of ether oxygens (including phenoxy) is 1. The average molecular weight is 471 g/mol. The molecule has 0 bridgehead atoms. The molecule has 0 unspecified atom stereocenters. The number of aromatic nitrogens is 1. The van der Waals surface area contributed by atoms with E-state index in [-0.39, 0.29) is 17.0 Å². The van der Waals surface area contributed by atoms with Gasteiger partial charge in [0.25, 0.3) is 5.91 Å². The first-order valence-corrected chi connectivity index (χ1v) is 10.9. The van der Waals surface area contributed by atoms with Crippen LogP contribution in [0.3, 0.4) is 0 Å². The Morgan fingerprint density at radius 1 is 1.12 bits per heavy atom. The number of benzene rings is 2. The van der Waals surface area contributed by atoms with E-state index in [1.54, 1.807) is 31.6 Å². The molecular weight excluding hydrogens is 444 g/mol. The number of hydrogen-bond donors (Lipinski definition) is 3. The number of hydrogen-bond acceptors (Lipinski definition) is 5. The smallest absolute Gasteiger partial charge is 0.319 e. The Hall–Kier alpha value is -3.52. The van der Waals surface area contributed by atoms with Gasteiger partial charge in [-0.3, -0.25) is 4.79 Å². The second kappa shape index (κ2) is 11.4. The van der Waals surface area contributed by atoms with Crippen LogP contribution in [0.15, 0.2) is 53.1 Å². The van der Waals surface area contributed by atoms with Gasteiger partial charge in [-0.2, -0.15) is 0 Å². The van der Waals surface area contributed by atoms with Crippen molar-refractivity contribution in [3.63, 3.8) is 0 Å². The monoisotopic (exact) mass is 470 g/mol. The molecule has 0 spiro atoms. The fourth-order valence-electron chi connectivity index (χ4n) is 2.94. The number of nitrogens with one attached hydrogen (secondary N) is 3. The molecule has 3 rings (SSSR count). The van der Waals surface area contributed by atoms with Gasteiger partial charge >= 0.3 is 6.03 Å². The fraction of sp³-hybridized carbons (Fsp3) is 0.292. The van der Waals surface area contributed by atoms with Gasteiger partial charge in [0.05, 0.1) is 23.4 Å². The van der Waals surface area contributed by atoms with Gasteiger partial charge in [-0.1, -0.05) is 25.4 Å².